The molecule has 0 saturated carbocycles. The maximum atomic E-state index is 9.71. The highest BCUT2D eigenvalue weighted by molar-refractivity contribution is 5.08. The molecule has 80 valence electrons. The molecule has 0 fully saturated rings. The monoisotopic (exact) mass is 196 g/mol. The van der Waals surface area contributed by atoms with Crippen LogP contribution in [-0.4, -0.2) is 5.11 Å². The van der Waals surface area contributed by atoms with Crippen molar-refractivity contribution in [2.45, 2.75) is 51.6 Å². The van der Waals surface area contributed by atoms with E-state index < -0.39 is 0 Å². The number of unbranched alkanes of at least 4 members (excludes halogenated alkanes) is 4. The summed E-state index contributed by atoms with van der Waals surface area (Å²) < 4.78 is 4.92. The third-order valence-corrected chi connectivity index (χ3v) is 2.51. The molecule has 1 heterocycles. The van der Waals surface area contributed by atoms with Crippen molar-refractivity contribution < 1.29 is 9.52 Å². The molecule has 2 heteroatoms. The topological polar surface area (TPSA) is 33.4 Å². The van der Waals surface area contributed by atoms with Crippen LogP contribution in [0.15, 0.2) is 23.0 Å². The average molecular weight is 196 g/mol. The van der Waals surface area contributed by atoms with E-state index in [2.05, 4.69) is 6.92 Å². The van der Waals surface area contributed by atoms with E-state index in [0.717, 1.165) is 18.4 Å². The number of furan rings is 1. The molecule has 0 radical (unpaired) electrons. The molecule has 14 heavy (non-hydrogen) atoms. The van der Waals surface area contributed by atoms with E-state index in [-0.39, 0.29) is 6.10 Å². The molecule has 1 atom stereocenters. The van der Waals surface area contributed by atoms with Gasteiger partial charge in [-0.05, 0) is 12.5 Å². The van der Waals surface area contributed by atoms with Crippen LogP contribution in [0.25, 0.3) is 0 Å². The molecule has 0 aliphatic rings. The molecule has 0 amide bonds. The summed E-state index contributed by atoms with van der Waals surface area (Å²) in [6, 6.07) is 1.83. The number of rotatable bonds is 7. The van der Waals surface area contributed by atoms with Gasteiger partial charge in [-0.2, -0.15) is 0 Å². The van der Waals surface area contributed by atoms with E-state index in [0.29, 0.717) is 0 Å². The molecule has 1 aromatic heterocycles. The molecule has 1 aromatic rings. The summed E-state index contributed by atoms with van der Waals surface area (Å²) >= 11 is 0. The smallest absolute Gasteiger partial charge is 0.0960 e. The molecule has 2 nitrogen and oxygen atoms in total. The van der Waals surface area contributed by atoms with Crippen LogP contribution in [0.5, 0.6) is 0 Å². The van der Waals surface area contributed by atoms with Gasteiger partial charge >= 0.3 is 0 Å². The van der Waals surface area contributed by atoms with Crippen LogP contribution >= 0.6 is 0 Å². The minimum absolute atomic E-state index is 0.338. The first kappa shape index (κ1) is 11.3. The fourth-order valence-electron chi connectivity index (χ4n) is 1.57. The first-order valence-electron chi connectivity index (χ1n) is 5.54. The lowest BCUT2D eigenvalue weighted by atomic mass is 10.0. The van der Waals surface area contributed by atoms with E-state index in [9.17, 15) is 5.11 Å². The zero-order valence-corrected chi connectivity index (χ0v) is 8.91. The zero-order chi connectivity index (χ0) is 10.2. The maximum absolute atomic E-state index is 9.71. The minimum atomic E-state index is -0.338. The Bertz CT molecular complexity index is 216. The van der Waals surface area contributed by atoms with Crippen LogP contribution in [-0.2, 0) is 0 Å². The second kappa shape index (κ2) is 6.66. The van der Waals surface area contributed by atoms with Gasteiger partial charge in [0.05, 0.1) is 18.6 Å². The van der Waals surface area contributed by atoms with Crippen molar-refractivity contribution in [1.29, 1.82) is 0 Å². The van der Waals surface area contributed by atoms with Crippen molar-refractivity contribution in [2.75, 3.05) is 0 Å². The summed E-state index contributed by atoms with van der Waals surface area (Å²) in [5.41, 5.74) is 0.903. The first-order valence-corrected chi connectivity index (χ1v) is 5.54. The molecule has 0 bridgehead atoms. The quantitative estimate of drug-likeness (QED) is 0.675. The number of hydrogen-bond acceptors (Lipinski definition) is 2. The summed E-state index contributed by atoms with van der Waals surface area (Å²) in [5, 5.41) is 9.71. The molecule has 0 spiro atoms. The fourth-order valence-corrected chi connectivity index (χ4v) is 1.57. The van der Waals surface area contributed by atoms with Crippen molar-refractivity contribution in [3.05, 3.63) is 24.2 Å². The Hall–Kier alpha value is -0.760. The predicted molar refractivity (Wildman–Crippen MR) is 57.0 cm³/mol. The highest BCUT2D eigenvalue weighted by Gasteiger charge is 2.07. The zero-order valence-electron chi connectivity index (χ0n) is 8.91. The molecule has 1 N–H and O–H groups in total. The van der Waals surface area contributed by atoms with Crippen LogP contribution in [0, 0.1) is 0 Å². The molecule has 0 aliphatic carbocycles. The Morgan fingerprint density at radius 3 is 2.71 bits per heavy atom. The van der Waals surface area contributed by atoms with Gasteiger partial charge in [0.15, 0.2) is 0 Å². The number of aliphatic hydroxyl groups is 1. The van der Waals surface area contributed by atoms with Crippen molar-refractivity contribution in [1.82, 2.24) is 0 Å². The molecule has 1 unspecified atom stereocenters. The highest BCUT2D eigenvalue weighted by atomic mass is 16.3. The standard InChI is InChI=1S/C12H20O2/c1-2-3-4-5-6-7-12(13)11-8-9-14-10-11/h8-10,12-13H,2-7H2,1H3. The second-order valence-corrected chi connectivity index (χ2v) is 3.78. The van der Waals surface area contributed by atoms with E-state index in [4.69, 9.17) is 4.42 Å². The molecule has 1 rings (SSSR count). The van der Waals surface area contributed by atoms with Crippen molar-refractivity contribution in [2.24, 2.45) is 0 Å². The van der Waals surface area contributed by atoms with Crippen LogP contribution in [0.3, 0.4) is 0 Å². The lowest BCUT2D eigenvalue weighted by Gasteiger charge is -2.07. The van der Waals surface area contributed by atoms with Gasteiger partial charge in [0, 0.05) is 5.56 Å². The lowest BCUT2D eigenvalue weighted by molar-refractivity contribution is 0.162. The third kappa shape index (κ3) is 3.97. The maximum Gasteiger partial charge on any atom is 0.0960 e. The second-order valence-electron chi connectivity index (χ2n) is 3.78. The molecule has 0 aromatic carbocycles. The van der Waals surface area contributed by atoms with Crippen molar-refractivity contribution in [3.8, 4) is 0 Å². The highest BCUT2D eigenvalue weighted by Crippen LogP contribution is 2.20. The summed E-state index contributed by atoms with van der Waals surface area (Å²) in [7, 11) is 0. The van der Waals surface area contributed by atoms with Crippen LogP contribution in [0.2, 0.25) is 0 Å². The SMILES string of the molecule is CCCCCCCC(O)c1ccoc1. The van der Waals surface area contributed by atoms with Gasteiger partial charge in [-0.1, -0.05) is 39.0 Å². The summed E-state index contributed by atoms with van der Waals surface area (Å²) in [6.45, 7) is 2.21. The average Bonchev–Trinajstić information content (AvgIpc) is 2.70. The van der Waals surface area contributed by atoms with Crippen molar-refractivity contribution >= 4 is 0 Å². The van der Waals surface area contributed by atoms with Gasteiger partial charge < -0.3 is 9.52 Å². The van der Waals surface area contributed by atoms with Gasteiger partial charge in [0.1, 0.15) is 0 Å². The summed E-state index contributed by atoms with van der Waals surface area (Å²) in [4.78, 5) is 0. The normalized spacial score (nSPS) is 13.0. The van der Waals surface area contributed by atoms with Crippen LogP contribution < -0.4 is 0 Å². The fraction of sp³-hybridized carbons (Fsp3) is 0.667. The molecular formula is C12H20O2. The lowest BCUT2D eigenvalue weighted by Crippen LogP contribution is -1.95. The van der Waals surface area contributed by atoms with Gasteiger partial charge in [0.2, 0.25) is 0 Å². The molecular weight excluding hydrogens is 176 g/mol. The van der Waals surface area contributed by atoms with Crippen LogP contribution in [0.1, 0.15) is 57.1 Å². The van der Waals surface area contributed by atoms with E-state index >= 15 is 0 Å². The van der Waals surface area contributed by atoms with Gasteiger partial charge in [-0.3, -0.25) is 0 Å². The Balaban J connectivity index is 2.07. The Morgan fingerprint density at radius 2 is 2.07 bits per heavy atom. The first-order chi connectivity index (χ1) is 6.84. The molecule has 0 saturated heterocycles. The Labute approximate surface area is 85.9 Å². The largest absolute Gasteiger partial charge is 0.472 e. The summed E-state index contributed by atoms with van der Waals surface area (Å²) in [5.74, 6) is 0. The Morgan fingerprint density at radius 1 is 1.29 bits per heavy atom. The Kier molecular flexibility index (Phi) is 5.38. The van der Waals surface area contributed by atoms with Gasteiger partial charge in [0.25, 0.3) is 0 Å². The third-order valence-electron chi connectivity index (χ3n) is 2.51. The molecule has 0 aliphatic heterocycles. The predicted octanol–water partition coefficient (Wildman–Crippen LogP) is 3.67. The van der Waals surface area contributed by atoms with Crippen LogP contribution in [0.4, 0.5) is 0 Å². The number of aliphatic hydroxyl groups excluding tert-OH is 1. The minimum Gasteiger partial charge on any atom is -0.472 e. The van der Waals surface area contributed by atoms with E-state index in [1.165, 1.54) is 25.7 Å². The van der Waals surface area contributed by atoms with E-state index in [1.54, 1.807) is 12.5 Å². The summed E-state index contributed by atoms with van der Waals surface area (Å²) in [6.07, 6.45) is 9.93. The number of hydrogen-bond donors (Lipinski definition) is 1. The van der Waals surface area contributed by atoms with Gasteiger partial charge in [-0.15, -0.1) is 0 Å². The van der Waals surface area contributed by atoms with E-state index in [1.807, 2.05) is 6.07 Å². The van der Waals surface area contributed by atoms with Gasteiger partial charge in [-0.25, -0.2) is 0 Å². The van der Waals surface area contributed by atoms with Crippen molar-refractivity contribution in [3.63, 3.8) is 0 Å².